The topological polar surface area (TPSA) is 52.9 Å². The van der Waals surface area contributed by atoms with Crippen molar-refractivity contribution in [1.82, 2.24) is 5.32 Å². The zero-order valence-electron chi connectivity index (χ0n) is 6.43. The average Bonchev–Trinajstić information content (AvgIpc) is 2.03. The van der Waals surface area contributed by atoms with Gasteiger partial charge in [0.05, 0.1) is 12.7 Å². The van der Waals surface area contributed by atoms with Gasteiger partial charge in [-0.05, 0) is 13.3 Å². The van der Waals surface area contributed by atoms with Crippen molar-refractivity contribution >= 4 is 5.91 Å². The summed E-state index contributed by atoms with van der Waals surface area (Å²) in [6.07, 6.45) is 0.309. The molecule has 0 aliphatic heterocycles. The van der Waals surface area contributed by atoms with E-state index in [1.165, 1.54) is 6.92 Å². The van der Waals surface area contributed by atoms with Gasteiger partial charge in [0.1, 0.15) is 5.92 Å². The molecule has 1 N–H and O–H groups in total. The summed E-state index contributed by atoms with van der Waals surface area (Å²) in [6.45, 7) is 1.37. The number of carbonyl (C=O) groups is 1. The minimum Gasteiger partial charge on any atom is -0.355 e. The second-order valence-corrected chi connectivity index (χ2v) is 2.18. The Kier molecular flexibility index (Phi) is 5.09. The molecule has 1 unspecified atom stereocenters. The number of nitrogens with zero attached hydrogens (tertiary/aromatic N) is 1. The molecule has 1 amide bonds. The molecule has 0 aliphatic rings. The summed E-state index contributed by atoms with van der Waals surface area (Å²) in [4.78, 5) is 10.8. The third kappa shape index (κ3) is 4.31. The van der Waals surface area contributed by atoms with Gasteiger partial charge in [-0.2, -0.15) is 5.26 Å². The number of amides is 1. The molecule has 0 aliphatic carbocycles. The Labute approximate surface area is 65.2 Å². The Hall–Kier alpha value is -1.11. The Morgan fingerprint density at radius 1 is 1.82 bits per heavy atom. The molecule has 0 bridgehead atoms. The molecule has 0 radical (unpaired) electrons. The van der Waals surface area contributed by atoms with Crippen molar-refractivity contribution in [2.75, 3.05) is 13.2 Å². The van der Waals surface area contributed by atoms with Crippen LogP contribution in [0.25, 0.3) is 0 Å². The van der Waals surface area contributed by atoms with Gasteiger partial charge in [0.25, 0.3) is 0 Å². The number of alkyl halides is 1. The van der Waals surface area contributed by atoms with E-state index in [2.05, 4.69) is 5.32 Å². The summed E-state index contributed by atoms with van der Waals surface area (Å²) in [5.74, 6) is -0.976. The second kappa shape index (κ2) is 5.66. The molecule has 0 heterocycles. The van der Waals surface area contributed by atoms with Crippen LogP contribution in [0.4, 0.5) is 4.39 Å². The lowest BCUT2D eigenvalue weighted by Gasteiger charge is -2.03. The van der Waals surface area contributed by atoms with Crippen LogP contribution >= 0.6 is 0 Å². The van der Waals surface area contributed by atoms with Crippen molar-refractivity contribution < 1.29 is 9.18 Å². The van der Waals surface area contributed by atoms with Gasteiger partial charge in [0.2, 0.25) is 5.91 Å². The molecule has 0 saturated carbocycles. The van der Waals surface area contributed by atoms with Gasteiger partial charge in [-0.3, -0.25) is 9.18 Å². The number of carbonyl (C=O) groups excluding carboxylic acids is 1. The zero-order valence-corrected chi connectivity index (χ0v) is 6.43. The fourth-order valence-corrected chi connectivity index (χ4v) is 0.490. The van der Waals surface area contributed by atoms with E-state index in [4.69, 9.17) is 5.26 Å². The van der Waals surface area contributed by atoms with Gasteiger partial charge in [-0.15, -0.1) is 0 Å². The number of hydrogen-bond acceptors (Lipinski definition) is 2. The first-order chi connectivity index (χ1) is 5.22. The molecule has 3 nitrogen and oxygen atoms in total. The van der Waals surface area contributed by atoms with Crippen molar-refractivity contribution in [2.45, 2.75) is 13.3 Å². The Morgan fingerprint density at radius 3 is 2.91 bits per heavy atom. The van der Waals surface area contributed by atoms with Crippen LogP contribution < -0.4 is 5.32 Å². The van der Waals surface area contributed by atoms with Gasteiger partial charge in [0.15, 0.2) is 0 Å². The van der Waals surface area contributed by atoms with Crippen molar-refractivity contribution in [1.29, 1.82) is 5.26 Å². The maximum Gasteiger partial charge on any atom is 0.237 e. The standard InChI is InChI=1S/C7H11FN2O/c1-6(5-9)7(11)10-4-2-3-8/h6H,2-4H2,1H3,(H,10,11). The molecule has 0 fully saturated rings. The Bertz CT molecular complexity index is 164. The van der Waals surface area contributed by atoms with Crippen LogP contribution in [0.15, 0.2) is 0 Å². The van der Waals surface area contributed by atoms with E-state index in [9.17, 15) is 9.18 Å². The van der Waals surface area contributed by atoms with Crippen LogP contribution in [0.2, 0.25) is 0 Å². The van der Waals surface area contributed by atoms with Gasteiger partial charge < -0.3 is 5.32 Å². The van der Waals surface area contributed by atoms with Gasteiger partial charge in [-0.1, -0.05) is 0 Å². The first kappa shape index (κ1) is 9.89. The van der Waals surface area contributed by atoms with Gasteiger partial charge in [-0.25, -0.2) is 0 Å². The number of hydrogen-bond donors (Lipinski definition) is 1. The van der Waals surface area contributed by atoms with Crippen LogP contribution in [0.5, 0.6) is 0 Å². The molecular weight excluding hydrogens is 147 g/mol. The Morgan fingerprint density at radius 2 is 2.45 bits per heavy atom. The molecule has 4 heteroatoms. The van der Waals surface area contributed by atoms with E-state index in [1.807, 2.05) is 0 Å². The molecular formula is C7H11FN2O. The summed E-state index contributed by atoms with van der Waals surface area (Å²) in [5, 5.41) is 10.7. The molecule has 0 aromatic rings. The number of nitriles is 1. The summed E-state index contributed by atoms with van der Waals surface area (Å²) in [7, 11) is 0. The van der Waals surface area contributed by atoms with Crippen molar-refractivity contribution in [3.8, 4) is 6.07 Å². The van der Waals surface area contributed by atoms with Crippen molar-refractivity contribution in [3.05, 3.63) is 0 Å². The maximum absolute atomic E-state index is 11.5. The minimum atomic E-state index is -0.644. The molecule has 1 atom stereocenters. The van der Waals surface area contributed by atoms with Crippen LogP contribution in [0.1, 0.15) is 13.3 Å². The second-order valence-electron chi connectivity index (χ2n) is 2.18. The van der Waals surface area contributed by atoms with E-state index in [0.29, 0.717) is 13.0 Å². The first-order valence-corrected chi connectivity index (χ1v) is 3.45. The number of halogens is 1. The molecule has 0 aromatic heterocycles. The highest BCUT2D eigenvalue weighted by Crippen LogP contribution is 1.90. The summed E-state index contributed by atoms with van der Waals surface area (Å²) in [5.41, 5.74) is 0. The predicted molar refractivity (Wildman–Crippen MR) is 38.4 cm³/mol. The van der Waals surface area contributed by atoms with Crippen LogP contribution in [-0.4, -0.2) is 19.1 Å². The molecule has 0 rings (SSSR count). The van der Waals surface area contributed by atoms with Crippen molar-refractivity contribution in [2.24, 2.45) is 5.92 Å². The third-order valence-corrected chi connectivity index (χ3v) is 1.20. The fourth-order valence-electron chi connectivity index (χ4n) is 0.490. The molecule has 11 heavy (non-hydrogen) atoms. The van der Waals surface area contributed by atoms with E-state index in [1.54, 1.807) is 6.07 Å². The molecule has 0 aromatic carbocycles. The molecule has 0 saturated heterocycles. The highest BCUT2D eigenvalue weighted by molar-refractivity contribution is 5.80. The van der Waals surface area contributed by atoms with Gasteiger partial charge in [0, 0.05) is 6.54 Å². The van der Waals surface area contributed by atoms with Crippen LogP contribution in [-0.2, 0) is 4.79 Å². The van der Waals surface area contributed by atoms with Gasteiger partial charge >= 0.3 is 0 Å². The Balaban J connectivity index is 3.46. The number of nitrogens with one attached hydrogen (secondary N) is 1. The zero-order chi connectivity index (χ0) is 8.69. The lowest BCUT2D eigenvalue weighted by molar-refractivity contribution is -0.122. The van der Waals surface area contributed by atoms with Crippen molar-refractivity contribution in [3.63, 3.8) is 0 Å². The monoisotopic (exact) mass is 158 g/mol. The van der Waals surface area contributed by atoms with Crippen LogP contribution in [0, 0.1) is 17.2 Å². The molecule has 62 valence electrons. The highest BCUT2D eigenvalue weighted by Gasteiger charge is 2.09. The van der Waals surface area contributed by atoms with E-state index < -0.39 is 12.6 Å². The van der Waals surface area contributed by atoms with Crippen LogP contribution in [0.3, 0.4) is 0 Å². The summed E-state index contributed by atoms with van der Waals surface area (Å²) in [6, 6.07) is 1.79. The third-order valence-electron chi connectivity index (χ3n) is 1.20. The smallest absolute Gasteiger partial charge is 0.237 e. The lowest BCUT2D eigenvalue weighted by Crippen LogP contribution is -2.29. The quantitative estimate of drug-likeness (QED) is 0.610. The largest absolute Gasteiger partial charge is 0.355 e. The van der Waals surface area contributed by atoms with E-state index in [0.717, 1.165) is 0 Å². The average molecular weight is 158 g/mol. The summed E-state index contributed by atoms with van der Waals surface area (Å²) >= 11 is 0. The summed E-state index contributed by atoms with van der Waals surface area (Å²) < 4.78 is 11.5. The fraction of sp³-hybridized carbons (Fsp3) is 0.714. The SMILES string of the molecule is CC(C#N)C(=O)NCCCF. The predicted octanol–water partition coefficient (Wildman–Crippen LogP) is 0.622. The van der Waals surface area contributed by atoms with E-state index >= 15 is 0 Å². The highest BCUT2D eigenvalue weighted by atomic mass is 19.1. The maximum atomic E-state index is 11.5. The first-order valence-electron chi connectivity index (χ1n) is 3.45. The lowest BCUT2D eigenvalue weighted by atomic mass is 10.2. The minimum absolute atomic E-state index is 0.307. The molecule has 0 spiro atoms. The van der Waals surface area contributed by atoms with E-state index in [-0.39, 0.29) is 5.91 Å². The normalized spacial score (nSPS) is 11.7. The number of rotatable bonds is 4.